The zero-order valence-corrected chi connectivity index (χ0v) is 10.7. The Morgan fingerprint density at radius 2 is 2.06 bits per heavy atom. The summed E-state index contributed by atoms with van der Waals surface area (Å²) in [6.45, 7) is 7.42. The molecule has 0 aliphatic carbocycles. The summed E-state index contributed by atoms with van der Waals surface area (Å²) in [5, 5.41) is 9.10. The molecule has 0 unspecified atom stereocenters. The molecule has 5 nitrogen and oxygen atoms in total. The number of carboxylic acids is 1. The number of amides is 1. The number of carboxylic acid groups (broad SMARTS) is 1. The number of carbonyl (C=O) groups excluding carboxylic acids is 1. The molecular weight excluding hydrogens is 222 g/mol. The molecule has 0 spiro atoms. The van der Waals surface area contributed by atoms with Crippen LogP contribution in [0.4, 0.5) is 4.79 Å². The van der Waals surface area contributed by atoms with Gasteiger partial charge in [0, 0.05) is 6.54 Å². The summed E-state index contributed by atoms with van der Waals surface area (Å²) in [5.41, 5.74) is 0.369. The first-order valence-corrected chi connectivity index (χ1v) is 5.59. The molecule has 1 amide bonds. The highest BCUT2D eigenvalue weighted by molar-refractivity contribution is 5.81. The monoisotopic (exact) mass is 241 g/mol. The molecule has 1 atom stereocenters. The zero-order valence-electron chi connectivity index (χ0n) is 10.7. The van der Waals surface area contributed by atoms with Crippen LogP contribution in [0.3, 0.4) is 0 Å². The first-order valence-electron chi connectivity index (χ1n) is 5.59. The largest absolute Gasteiger partial charge is 0.480 e. The van der Waals surface area contributed by atoms with Gasteiger partial charge in [-0.2, -0.15) is 0 Å². The van der Waals surface area contributed by atoms with Crippen LogP contribution in [0, 0.1) is 0 Å². The highest BCUT2D eigenvalue weighted by atomic mass is 16.6. The zero-order chi connectivity index (χ0) is 13.2. The fourth-order valence-corrected chi connectivity index (χ4v) is 1.62. The molecule has 17 heavy (non-hydrogen) atoms. The lowest BCUT2D eigenvalue weighted by molar-refractivity contribution is -0.143. The van der Waals surface area contributed by atoms with Gasteiger partial charge in [-0.3, -0.25) is 4.90 Å². The molecule has 5 heteroatoms. The van der Waals surface area contributed by atoms with E-state index in [4.69, 9.17) is 9.84 Å². The molecule has 0 saturated carbocycles. The van der Waals surface area contributed by atoms with E-state index < -0.39 is 23.7 Å². The van der Waals surface area contributed by atoms with E-state index in [-0.39, 0.29) is 6.54 Å². The number of hydrogen-bond acceptors (Lipinski definition) is 3. The van der Waals surface area contributed by atoms with Crippen molar-refractivity contribution in [1.82, 2.24) is 4.90 Å². The highest BCUT2D eigenvalue weighted by Gasteiger charge is 2.34. The van der Waals surface area contributed by atoms with Gasteiger partial charge in [-0.1, -0.05) is 11.6 Å². The van der Waals surface area contributed by atoms with Gasteiger partial charge >= 0.3 is 12.1 Å². The molecule has 0 bridgehead atoms. The Kier molecular flexibility index (Phi) is 3.80. The Morgan fingerprint density at radius 3 is 2.53 bits per heavy atom. The summed E-state index contributed by atoms with van der Waals surface area (Å²) >= 11 is 0. The minimum atomic E-state index is -0.997. The Hall–Kier alpha value is -1.52. The fraction of sp³-hybridized carbons (Fsp3) is 0.667. The molecule has 1 aliphatic rings. The number of aliphatic carboxylic acids is 1. The van der Waals surface area contributed by atoms with Gasteiger partial charge in [-0.05, 0) is 34.1 Å². The molecule has 0 aromatic rings. The second-order valence-corrected chi connectivity index (χ2v) is 5.24. The van der Waals surface area contributed by atoms with Crippen molar-refractivity contribution in [3.8, 4) is 0 Å². The highest BCUT2D eigenvalue weighted by Crippen LogP contribution is 2.20. The average molecular weight is 241 g/mol. The molecule has 0 radical (unpaired) electrons. The van der Waals surface area contributed by atoms with Crippen molar-refractivity contribution in [2.75, 3.05) is 6.54 Å². The third-order valence-corrected chi connectivity index (χ3v) is 2.44. The van der Waals surface area contributed by atoms with Crippen molar-refractivity contribution in [3.63, 3.8) is 0 Å². The van der Waals surface area contributed by atoms with Crippen LogP contribution in [0.1, 0.15) is 34.1 Å². The Balaban J connectivity index is 2.81. The fourth-order valence-electron chi connectivity index (χ4n) is 1.62. The predicted molar refractivity (Wildman–Crippen MR) is 62.7 cm³/mol. The molecule has 1 N–H and O–H groups in total. The van der Waals surface area contributed by atoms with Gasteiger partial charge in [0.05, 0.1) is 0 Å². The second kappa shape index (κ2) is 4.77. The molecule has 0 fully saturated rings. The van der Waals surface area contributed by atoms with Crippen molar-refractivity contribution in [1.29, 1.82) is 0 Å². The molecule has 96 valence electrons. The third kappa shape index (κ3) is 3.76. The van der Waals surface area contributed by atoms with Crippen LogP contribution >= 0.6 is 0 Å². The molecule has 0 saturated heterocycles. The van der Waals surface area contributed by atoms with E-state index in [1.54, 1.807) is 20.8 Å². The van der Waals surface area contributed by atoms with Crippen LogP contribution in [0.15, 0.2) is 11.6 Å². The lowest BCUT2D eigenvalue weighted by atomic mass is 10.0. The average Bonchev–Trinajstić information content (AvgIpc) is 2.14. The first kappa shape index (κ1) is 13.5. The SMILES string of the molecule is CC1=CCN(C(=O)OC(C)(C)C)[C@H](C(=O)O)C1. The van der Waals surface area contributed by atoms with E-state index in [0.29, 0.717) is 6.42 Å². The van der Waals surface area contributed by atoms with Gasteiger partial charge in [-0.25, -0.2) is 9.59 Å². The van der Waals surface area contributed by atoms with Gasteiger partial charge in [0.1, 0.15) is 11.6 Å². The van der Waals surface area contributed by atoms with Crippen LogP contribution in [-0.4, -0.2) is 40.3 Å². The predicted octanol–water partition coefficient (Wildman–Crippen LogP) is 2.03. The summed E-state index contributed by atoms with van der Waals surface area (Å²) < 4.78 is 5.19. The quantitative estimate of drug-likeness (QED) is 0.713. The van der Waals surface area contributed by atoms with Gasteiger partial charge in [-0.15, -0.1) is 0 Å². The van der Waals surface area contributed by atoms with E-state index in [9.17, 15) is 9.59 Å². The van der Waals surface area contributed by atoms with Crippen molar-refractivity contribution >= 4 is 12.1 Å². The summed E-state index contributed by atoms with van der Waals surface area (Å²) in [5.74, 6) is -0.997. The molecule has 1 heterocycles. The molecule has 1 rings (SSSR count). The summed E-state index contributed by atoms with van der Waals surface area (Å²) in [6, 6.07) is -0.824. The number of hydrogen-bond donors (Lipinski definition) is 1. The van der Waals surface area contributed by atoms with E-state index in [0.717, 1.165) is 5.57 Å². The maximum absolute atomic E-state index is 11.8. The Labute approximate surface area is 101 Å². The van der Waals surface area contributed by atoms with Crippen LogP contribution in [-0.2, 0) is 9.53 Å². The normalized spacial score (nSPS) is 20.8. The van der Waals surface area contributed by atoms with Crippen LogP contribution < -0.4 is 0 Å². The maximum Gasteiger partial charge on any atom is 0.411 e. The van der Waals surface area contributed by atoms with E-state index in [2.05, 4.69) is 0 Å². The molecular formula is C12H19NO4. The van der Waals surface area contributed by atoms with Crippen LogP contribution in [0.2, 0.25) is 0 Å². The van der Waals surface area contributed by atoms with Crippen molar-refractivity contribution in [2.45, 2.75) is 45.8 Å². The lowest BCUT2D eigenvalue weighted by Crippen LogP contribution is -2.49. The second-order valence-electron chi connectivity index (χ2n) is 5.24. The summed E-state index contributed by atoms with van der Waals surface area (Å²) in [7, 11) is 0. The third-order valence-electron chi connectivity index (χ3n) is 2.44. The van der Waals surface area contributed by atoms with Crippen molar-refractivity contribution in [3.05, 3.63) is 11.6 Å². The summed E-state index contributed by atoms with van der Waals surface area (Å²) in [4.78, 5) is 24.2. The number of ether oxygens (including phenoxy) is 1. The van der Waals surface area contributed by atoms with Gasteiger partial charge in [0.25, 0.3) is 0 Å². The Morgan fingerprint density at radius 1 is 1.47 bits per heavy atom. The van der Waals surface area contributed by atoms with Crippen molar-refractivity contribution in [2.24, 2.45) is 0 Å². The van der Waals surface area contributed by atoms with Crippen LogP contribution in [0.5, 0.6) is 0 Å². The van der Waals surface area contributed by atoms with E-state index in [1.165, 1.54) is 4.90 Å². The number of carbonyl (C=O) groups is 2. The first-order chi connectivity index (χ1) is 7.70. The number of nitrogens with zero attached hydrogens (tertiary/aromatic N) is 1. The topological polar surface area (TPSA) is 66.8 Å². The standard InChI is InChI=1S/C12H19NO4/c1-8-5-6-13(9(7-8)10(14)15)11(16)17-12(2,3)4/h5,9H,6-7H2,1-4H3,(H,14,15)/t9-/m0/s1. The van der Waals surface area contributed by atoms with Crippen LogP contribution in [0.25, 0.3) is 0 Å². The maximum atomic E-state index is 11.8. The molecule has 0 aromatic carbocycles. The molecule has 1 aliphatic heterocycles. The number of rotatable bonds is 1. The minimum Gasteiger partial charge on any atom is -0.480 e. The lowest BCUT2D eigenvalue weighted by Gasteiger charge is -2.33. The van der Waals surface area contributed by atoms with Crippen molar-refractivity contribution < 1.29 is 19.4 Å². The summed E-state index contributed by atoms with van der Waals surface area (Å²) in [6.07, 6.45) is 1.63. The van der Waals surface area contributed by atoms with E-state index >= 15 is 0 Å². The van der Waals surface area contributed by atoms with E-state index in [1.807, 2.05) is 13.0 Å². The molecule has 0 aromatic heterocycles. The van der Waals surface area contributed by atoms with Gasteiger partial charge in [0.15, 0.2) is 0 Å². The smallest absolute Gasteiger partial charge is 0.411 e. The van der Waals surface area contributed by atoms with Gasteiger partial charge in [0.2, 0.25) is 0 Å². The Bertz CT molecular complexity index is 354. The van der Waals surface area contributed by atoms with Gasteiger partial charge < -0.3 is 9.84 Å². The minimum absolute atomic E-state index is 0.289.